The van der Waals surface area contributed by atoms with Crippen LogP contribution in [0.25, 0.3) is 0 Å². The highest BCUT2D eigenvalue weighted by Crippen LogP contribution is 2.23. The van der Waals surface area contributed by atoms with Gasteiger partial charge in [0.25, 0.3) is 0 Å². The van der Waals surface area contributed by atoms with Crippen LogP contribution in [0.2, 0.25) is 0 Å². The smallest absolute Gasteiger partial charge is 0.322 e. The molecule has 0 bridgehead atoms. The van der Waals surface area contributed by atoms with Crippen molar-refractivity contribution in [2.45, 2.75) is 38.9 Å². The number of nitrogens with zero attached hydrogens (tertiary/aromatic N) is 2. The summed E-state index contributed by atoms with van der Waals surface area (Å²) in [5.41, 5.74) is 0. The summed E-state index contributed by atoms with van der Waals surface area (Å²) in [7, 11) is -0.872. The van der Waals surface area contributed by atoms with Gasteiger partial charge in [0.1, 0.15) is 0 Å². The Morgan fingerprint density at radius 1 is 1.57 bits per heavy atom. The number of carbonyl (C=O) groups excluding carboxylic acids is 1. The van der Waals surface area contributed by atoms with Crippen LogP contribution in [-0.4, -0.2) is 43.7 Å². The summed E-state index contributed by atoms with van der Waals surface area (Å²) in [5.74, 6) is 1.11. The van der Waals surface area contributed by atoms with Gasteiger partial charge in [-0.15, -0.1) is 11.3 Å². The fourth-order valence-electron chi connectivity index (χ4n) is 2.29. The molecule has 21 heavy (non-hydrogen) atoms. The molecular weight excluding hydrogens is 306 g/mol. The molecule has 1 saturated heterocycles. The van der Waals surface area contributed by atoms with Gasteiger partial charge in [0.05, 0.1) is 4.75 Å². The molecule has 1 N–H and O–H groups in total. The summed E-state index contributed by atoms with van der Waals surface area (Å²) in [4.78, 5) is 19.4. The van der Waals surface area contributed by atoms with Gasteiger partial charge >= 0.3 is 6.03 Å². The van der Waals surface area contributed by atoms with E-state index in [4.69, 9.17) is 0 Å². The van der Waals surface area contributed by atoms with E-state index in [1.807, 2.05) is 20.0 Å². The van der Waals surface area contributed by atoms with Crippen molar-refractivity contribution in [1.29, 1.82) is 0 Å². The van der Waals surface area contributed by atoms with E-state index in [-0.39, 0.29) is 10.8 Å². The van der Waals surface area contributed by atoms with E-state index in [2.05, 4.69) is 24.1 Å². The van der Waals surface area contributed by atoms with Crippen LogP contribution < -0.4 is 5.32 Å². The Morgan fingerprint density at radius 2 is 2.29 bits per heavy atom. The van der Waals surface area contributed by atoms with Gasteiger partial charge in [-0.1, -0.05) is 13.8 Å². The molecule has 2 heterocycles. The molecule has 0 spiro atoms. The molecule has 2 amide bonds. The molecule has 118 valence electrons. The minimum Gasteiger partial charge on any atom is -0.322 e. The molecule has 1 fully saturated rings. The number of nitrogens with one attached hydrogen (secondary N) is 1. The number of aromatic nitrogens is 1. The third-order valence-corrected chi connectivity index (χ3v) is 6.25. The molecular formula is C14H23N3O2S2. The maximum atomic E-state index is 12.3. The molecule has 0 unspecified atom stereocenters. The van der Waals surface area contributed by atoms with Crippen molar-refractivity contribution in [2.75, 3.05) is 24.2 Å². The summed E-state index contributed by atoms with van der Waals surface area (Å²) in [6.45, 7) is 9.24. The third-order valence-electron chi connectivity index (χ3n) is 3.40. The fraction of sp³-hybridized carbons (Fsp3) is 0.714. The molecule has 2 rings (SSSR count). The van der Waals surface area contributed by atoms with E-state index in [0.29, 0.717) is 29.9 Å². The predicted molar refractivity (Wildman–Crippen MR) is 88.3 cm³/mol. The van der Waals surface area contributed by atoms with Gasteiger partial charge in [-0.05, 0) is 26.2 Å². The van der Waals surface area contributed by atoms with Crippen molar-refractivity contribution >= 4 is 33.3 Å². The van der Waals surface area contributed by atoms with Gasteiger partial charge in [-0.2, -0.15) is 0 Å². The summed E-state index contributed by atoms with van der Waals surface area (Å²) in [6.07, 6.45) is 2.80. The summed E-state index contributed by atoms with van der Waals surface area (Å²) in [5, 5.41) is 3.49. The van der Waals surface area contributed by atoms with Crippen LogP contribution in [0.1, 0.15) is 32.6 Å². The Balaban J connectivity index is 1.95. The van der Waals surface area contributed by atoms with Crippen LogP contribution in [0.5, 0.6) is 0 Å². The molecule has 0 aliphatic carbocycles. The van der Waals surface area contributed by atoms with Crippen molar-refractivity contribution in [3.63, 3.8) is 0 Å². The standard InChI is InChI=1S/C14H23N3O2S2/c1-10(2)7-11-8-15-12(20-11)16-13(18)17-5-6-21(19)14(3,4)9-17/h8,10H,5-7,9H2,1-4H3,(H,15,16,18)/t21-/m1/s1. The van der Waals surface area contributed by atoms with Crippen molar-refractivity contribution in [3.05, 3.63) is 11.1 Å². The largest absolute Gasteiger partial charge is 0.323 e. The zero-order valence-corrected chi connectivity index (χ0v) is 14.6. The number of carbonyl (C=O) groups is 1. The van der Waals surface area contributed by atoms with Crippen LogP contribution in [-0.2, 0) is 17.2 Å². The monoisotopic (exact) mass is 329 g/mol. The van der Waals surface area contributed by atoms with E-state index in [0.717, 1.165) is 6.42 Å². The maximum Gasteiger partial charge on any atom is 0.323 e. The van der Waals surface area contributed by atoms with Crippen LogP contribution in [0.3, 0.4) is 0 Å². The zero-order chi connectivity index (χ0) is 15.6. The number of rotatable bonds is 3. The van der Waals surface area contributed by atoms with Crippen LogP contribution in [0, 0.1) is 5.92 Å². The first-order valence-corrected chi connectivity index (χ1v) is 9.30. The Labute approximate surface area is 132 Å². The molecule has 1 aromatic rings. The maximum absolute atomic E-state index is 12.3. The lowest BCUT2D eigenvalue weighted by molar-refractivity contribution is 0.207. The van der Waals surface area contributed by atoms with Gasteiger partial charge in [0, 0.05) is 40.7 Å². The Hall–Kier alpha value is -0.950. The van der Waals surface area contributed by atoms with Crippen LogP contribution in [0.15, 0.2) is 6.20 Å². The Kier molecular flexibility index (Phi) is 5.03. The number of urea groups is 1. The molecule has 1 atom stereocenters. The molecule has 0 saturated carbocycles. The lowest BCUT2D eigenvalue weighted by Gasteiger charge is -2.36. The normalized spacial score (nSPS) is 21.6. The first-order valence-electron chi connectivity index (χ1n) is 7.17. The van der Waals surface area contributed by atoms with E-state index in [1.165, 1.54) is 16.2 Å². The lowest BCUT2D eigenvalue weighted by Crippen LogP contribution is -2.53. The number of thiazole rings is 1. The third kappa shape index (κ3) is 4.26. The molecule has 7 heteroatoms. The van der Waals surface area contributed by atoms with Crippen molar-refractivity contribution in [3.8, 4) is 0 Å². The average molecular weight is 329 g/mol. The fourth-order valence-corrected chi connectivity index (χ4v) is 4.54. The number of hydrogen-bond acceptors (Lipinski definition) is 4. The first-order chi connectivity index (χ1) is 9.78. The second kappa shape index (κ2) is 6.44. The highest BCUT2D eigenvalue weighted by molar-refractivity contribution is 7.86. The van der Waals surface area contributed by atoms with Crippen LogP contribution >= 0.6 is 11.3 Å². The van der Waals surface area contributed by atoms with Gasteiger partial charge in [-0.25, -0.2) is 9.78 Å². The number of amides is 2. The predicted octanol–water partition coefficient (Wildman–Crippen LogP) is 2.72. The first kappa shape index (κ1) is 16.4. The van der Waals surface area contributed by atoms with Gasteiger partial charge in [0.2, 0.25) is 0 Å². The Morgan fingerprint density at radius 3 is 2.90 bits per heavy atom. The minimum atomic E-state index is -0.872. The quantitative estimate of drug-likeness (QED) is 0.927. The SMILES string of the molecule is CC(C)Cc1cnc(NC(=O)N2CC[S@@](=O)C(C)(C)C2)s1. The number of hydrogen-bond donors (Lipinski definition) is 1. The topological polar surface area (TPSA) is 62.3 Å². The van der Waals surface area contributed by atoms with Crippen LogP contribution in [0.4, 0.5) is 9.93 Å². The summed E-state index contributed by atoms with van der Waals surface area (Å²) < 4.78 is 11.5. The highest BCUT2D eigenvalue weighted by Gasteiger charge is 2.35. The minimum absolute atomic E-state index is 0.148. The molecule has 0 aromatic carbocycles. The molecule has 1 aliphatic heterocycles. The van der Waals surface area contributed by atoms with E-state index in [1.54, 1.807) is 4.90 Å². The second-order valence-corrected chi connectivity index (χ2v) is 9.71. The molecule has 5 nitrogen and oxygen atoms in total. The highest BCUT2D eigenvalue weighted by atomic mass is 32.2. The van der Waals surface area contributed by atoms with Crippen molar-refractivity contribution in [1.82, 2.24) is 9.88 Å². The number of anilines is 1. The summed E-state index contributed by atoms with van der Waals surface area (Å²) in [6, 6.07) is -0.148. The van der Waals surface area contributed by atoms with Gasteiger partial charge in [0.15, 0.2) is 5.13 Å². The van der Waals surface area contributed by atoms with Gasteiger partial charge in [-0.3, -0.25) is 9.53 Å². The second-order valence-electron chi connectivity index (χ2n) is 6.39. The molecule has 0 radical (unpaired) electrons. The lowest BCUT2D eigenvalue weighted by atomic mass is 10.1. The zero-order valence-electron chi connectivity index (χ0n) is 13.0. The van der Waals surface area contributed by atoms with Gasteiger partial charge < -0.3 is 4.90 Å². The van der Waals surface area contributed by atoms with E-state index < -0.39 is 10.8 Å². The summed E-state index contributed by atoms with van der Waals surface area (Å²) >= 11 is 1.52. The molecule has 1 aliphatic rings. The van der Waals surface area contributed by atoms with Crippen molar-refractivity contribution < 1.29 is 9.00 Å². The van der Waals surface area contributed by atoms with E-state index >= 15 is 0 Å². The van der Waals surface area contributed by atoms with E-state index in [9.17, 15) is 9.00 Å². The average Bonchev–Trinajstić information content (AvgIpc) is 2.78. The molecule has 1 aromatic heterocycles. The Bertz CT molecular complexity index is 540. The van der Waals surface area contributed by atoms with Crippen molar-refractivity contribution in [2.24, 2.45) is 5.92 Å².